The molecule has 0 unspecified atom stereocenters. The first-order valence-corrected chi connectivity index (χ1v) is 11.5. The normalized spacial score (nSPS) is 15.1. The molecule has 0 spiro atoms. The average Bonchev–Trinajstić information content (AvgIpc) is 2.76. The van der Waals surface area contributed by atoms with Crippen molar-refractivity contribution in [3.63, 3.8) is 0 Å². The summed E-state index contributed by atoms with van der Waals surface area (Å²) in [5, 5.41) is 0. The predicted octanol–water partition coefficient (Wildman–Crippen LogP) is 1.86. The van der Waals surface area contributed by atoms with Crippen LogP contribution in [-0.4, -0.2) is 70.0 Å². The molecule has 10 heteroatoms. The third-order valence-electron chi connectivity index (χ3n) is 4.98. The fourth-order valence-corrected chi connectivity index (χ4v) is 4.25. The van der Waals surface area contributed by atoms with Crippen molar-refractivity contribution in [3.05, 3.63) is 60.2 Å². The Balaban J connectivity index is 1.36. The van der Waals surface area contributed by atoms with E-state index in [4.69, 9.17) is 4.74 Å². The minimum atomic E-state index is -4.02. The standard InChI is InChI=1S/C21H25F2N3O4S/c22-19-7-6-18(16-20(19)23)31(28,29)24-9-8-21(27)26-12-10-25(11-13-26)14-15-30-17-4-2-1-3-5-17/h1-7,16,24H,8-15H2. The first kappa shape index (κ1) is 23.1. The topological polar surface area (TPSA) is 79.0 Å². The molecule has 0 atom stereocenters. The minimum absolute atomic E-state index is 0.0139. The summed E-state index contributed by atoms with van der Waals surface area (Å²) >= 11 is 0. The largest absolute Gasteiger partial charge is 0.492 e. The Kier molecular flexibility index (Phi) is 7.94. The molecule has 0 aromatic heterocycles. The van der Waals surface area contributed by atoms with Crippen LogP contribution in [0.5, 0.6) is 5.75 Å². The number of hydrogen-bond acceptors (Lipinski definition) is 5. The summed E-state index contributed by atoms with van der Waals surface area (Å²) in [4.78, 5) is 15.9. The van der Waals surface area contributed by atoms with Crippen LogP contribution in [0, 0.1) is 11.6 Å². The lowest BCUT2D eigenvalue weighted by Gasteiger charge is -2.34. The maximum absolute atomic E-state index is 13.3. The Morgan fingerprint density at radius 2 is 1.71 bits per heavy atom. The first-order valence-electron chi connectivity index (χ1n) is 9.98. The first-order chi connectivity index (χ1) is 14.8. The molecular formula is C21H25F2N3O4S. The lowest BCUT2D eigenvalue weighted by atomic mass is 10.2. The van der Waals surface area contributed by atoms with Gasteiger partial charge in [0.1, 0.15) is 12.4 Å². The Morgan fingerprint density at radius 1 is 1.00 bits per heavy atom. The Bertz CT molecular complexity index is 981. The van der Waals surface area contributed by atoms with Crippen LogP contribution in [0.1, 0.15) is 6.42 Å². The van der Waals surface area contributed by atoms with Gasteiger partial charge in [0.25, 0.3) is 0 Å². The number of rotatable bonds is 9. The fourth-order valence-electron chi connectivity index (χ4n) is 3.21. The smallest absolute Gasteiger partial charge is 0.240 e. The molecule has 1 fully saturated rings. The summed E-state index contributed by atoms with van der Waals surface area (Å²) in [5.41, 5.74) is 0. The minimum Gasteiger partial charge on any atom is -0.492 e. The Hall–Kier alpha value is -2.56. The second-order valence-electron chi connectivity index (χ2n) is 7.11. The SMILES string of the molecule is O=C(CCNS(=O)(=O)c1ccc(F)c(F)c1)N1CCN(CCOc2ccccc2)CC1. The number of nitrogens with zero attached hydrogens (tertiary/aromatic N) is 2. The van der Waals surface area contributed by atoms with Crippen molar-refractivity contribution >= 4 is 15.9 Å². The van der Waals surface area contributed by atoms with Crippen molar-refractivity contribution in [1.82, 2.24) is 14.5 Å². The monoisotopic (exact) mass is 453 g/mol. The van der Waals surface area contributed by atoms with E-state index < -0.39 is 21.7 Å². The predicted molar refractivity (Wildman–Crippen MR) is 111 cm³/mol. The third kappa shape index (κ3) is 6.71. The number of para-hydroxylation sites is 1. The molecule has 1 N–H and O–H groups in total. The zero-order valence-corrected chi connectivity index (χ0v) is 17.8. The van der Waals surface area contributed by atoms with Gasteiger partial charge in [0.2, 0.25) is 15.9 Å². The maximum atomic E-state index is 13.3. The van der Waals surface area contributed by atoms with E-state index in [0.29, 0.717) is 38.9 Å². The number of piperazine rings is 1. The fraction of sp³-hybridized carbons (Fsp3) is 0.381. The molecule has 0 saturated carbocycles. The van der Waals surface area contributed by atoms with Gasteiger partial charge in [-0.25, -0.2) is 21.9 Å². The highest BCUT2D eigenvalue weighted by atomic mass is 32.2. The van der Waals surface area contributed by atoms with Gasteiger partial charge in [0.05, 0.1) is 4.90 Å². The second-order valence-corrected chi connectivity index (χ2v) is 8.87. The highest BCUT2D eigenvalue weighted by molar-refractivity contribution is 7.89. The van der Waals surface area contributed by atoms with E-state index in [9.17, 15) is 22.0 Å². The summed E-state index contributed by atoms with van der Waals surface area (Å²) in [7, 11) is -4.02. The van der Waals surface area contributed by atoms with Crippen LogP contribution in [0.15, 0.2) is 53.4 Å². The van der Waals surface area contributed by atoms with Crippen LogP contribution in [0.2, 0.25) is 0 Å². The number of benzene rings is 2. The summed E-state index contributed by atoms with van der Waals surface area (Å²) in [6, 6.07) is 11.9. The number of halogens is 2. The van der Waals surface area contributed by atoms with Gasteiger partial charge in [0.15, 0.2) is 11.6 Å². The van der Waals surface area contributed by atoms with Gasteiger partial charge in [-0.2, -0.15) is 0 Å². The molecule has 0 aliphatic carbocycles. The number of nitrogens with one attached hydrogen (secondary N) is 1. The van der Waals surface area contributed by atoms with Gasteiger partial charge in [0, 0.05) is 45.7 Å². The van der Waals surface area contributed by atoms with E-state index >= 15 is 0 Å². The van der Waals surface area contributed by atoms with Crippen LogP contribution in [0.25, 0.3) is 0 Å². The van der Waals surface area contributed by atoms with Crippen molar-refractivity contribution in [3.8, 4) is 5.75 Å². The molecule has 1 heterocycles. The van der Waals surface area contributed by atoms with Gasteiger partial charge in [-0.05, 0) is 30.3 Å². The molecule has 0 radical (unpaired) electrons. The summed E-state index contributed by atoms with van der Waals surface area (Å²) in [5.74, 6) is -1.71. The van der Waals surface area contributed by atoms with Gasteiger partial charge in [-0.1, -0.05) is 18.2 Å². The highest BCUT2D eigenvalue weighted by Crippen LogP contribution is 2.14. The van der Waals surface area contributed by atoms with E-state index in [1.165, 1.54) is 0 Å². The molecule has 0 bridgehead atoms. The summed E-state index contributed by atoms with van der Waals surface area (Å²) < 4.78 is 58.5. The molecule has 1 amide bonds. The van der Waals surface area contributed by atoms with E-state index in [2.05, 4.69) is 9.62 Å². The van der Waals surface area contributed by atoms with Crippen LogP contribution in [-0.2, 0) is 14.8 Å². The molecule has 3 rings (SSSR count). The number of ether oxygens (including phenoxy) is 1. The van der Waals surface area contributed by atoms with Crippen LogP contribution >= 0.6 is 0 Å². The van der Waals surface area contributed by atoms with Crippen LogP contribution < -0.4 is 9.46 Å². The molecule has 2 aromatic rings. The summed E-state index contributed by atoms with van der Waals surface area (Å²) in [6.45, 7) is 3.73. The molecule has 1 saturated heterocycles. The molecular weight excluding hydrogens is 428 g/mol. The zero-order chi connectivity index (χ0) is 22.3. The number of carbonyl (C=O) groups excluding carboxylic acids is 1. The molecule has 2 aromatic carbocycles. The molecule has 1 aliphatic heterocycles. The molecule has 7 nitrogen and oxygen atoms in total. The Morgan fingerprint density at radius 3 is 2.39 bits per heavy atom. The quantitative estimate of drug-likeness (QED) is 0.627. The molecule has 168 valence electrons. The van der Waals surface area contributed by atoms with Crippen LogP contribution in [0.4, 0.5) is 8.78 Å². The lowest BCUT2D eigenvalue weighted by molar-refractivity contribution is -0.132. The number of hydrogen-bond donors (Lipinski definition) is 1. The van der Waals surface area contributed by atoms with Crippen molar-refractivity contribution in [2.24, 2.45) is 0 Å². The lowest BCUT2D eigenvalue weighted by Crippen LogP contribution is -2.50. The number of amides is 1. The molecule has 1 aliphatic rings. The van der Waals surface area contributed by atoms with Gasteiger partial charge in [-0.15, -0.1) is 0 Å². The maximum Gasteiger partial charge on any atom is 0.240 e. The van der Waals surface area contributed by atoms with E-state index in [1.807, 2.05) is 30.3 Å². The Labute approximate surface area is 180 Å². The third-order valence-corrected chi connectivity index (χ3v) is 6.44. The van der Waals surface area contributed by atoms with Gasteiger partial charge in [-0.3, -0.25) is 9.69 Å². The van der Waals surface area contributed by atoms with E-state index in [-0.39, 0.29) is 23.8 Å². The van der Waals surface area contributed by atoms with Gasteiger partial charge < -0.3 is 9.64 Å². The van der Waals surface area contributed by atoms with E-state index in [1.54, 1.807) is 4.90 Å². The van der Waals surface area contributed by atoms with Crippen LogP contribution in [0.3, 0.4) is 0 Å². The second kappa shape index (κ2) is 10.7. The molecule has 31 heavy (non-hydrogen) atoms. The van der Waals surface area contributed by atoms with Crippen molar-refractivity contribution in [1.29, 1.82) is 0 Å². The van der Waals surface area contributed by atoms with Crippen molar-refractivity contribution in [2.45, 2.75) is 11.3 Å². The number of carbonyl (C=O) groups is 1. The highest BCUT2D eigenvalue weighted by Gasteiger charge is 2.22. The van der Waals surface area contributed by atoms with E-state index in [0.717, 1.165) is 24.4 Å². The van der Waals surface area contributed by atoms with Gasteiger partial charge >= 0.3 is 0 Å². The zero-order valence-electron chi connectivity index (χ0n) is 17.0. The average molecular weight is 454 g/mol. The number of sulfonamides is 1. The van der Waals surface area contributed by atoms with Crippen molar-refractivity contribution in [2.75, 3.05) is 45.9 Å². The summed E-state index contributed by atoms with van der Waals surface area (Å²) in [6.07, 6.45) is -0.0139. The van der Waals surface area contributed by atoms with Crippen molar-refractivity contribution < 1.29 is 26.7 Å².